The van der Waals surface area contributed by atoms with Gasteiger partial charge >= 0.3 is 0 Å². The molecule has 0 spiro atoms. The van der Waals surface area contributed by atoms with Crippen molar-refractivity contribution in [3.05, 3.63) is 42.0 Å². The Hall–Kier alpha value is -1.77. The normalized spacial score (nSPS) is 14.7. The minimum absolute atomic E-state index is 0.00426. The summed E-state index contributed by atoms with van der Waals surface area (Å²) < 4.78 is 0. The molecule has 1 amide bonds. The summed E-state index contributed by atoms with van der Waals surface area (Å²) in [7, 11) is 0. The van der Waals surface area contributed by atoms with Crippen LogP contribution >= 0.6 is 0 Å². The monoisotopic (exact) mass is 244 g/mol. The minimum atomic E-state index is -0.232. The van der Waals surface area contributed by atoms with E-state index in [2.05, 4.69) is 35.4 Å². The standard InChI is InChI=1S/C15H20N2O/c1-3-9-16-15(18)11(2)17-14-8-7-12-5-4-6-13(12)10-14/h3,7-8,10-11,17H,1,4-6,9H2,2H3,(H,16,18)/t11-/m1/s1. The number of benzene rings is 1. The third-order valence-electron chi connectivity index (χ3n) is 3.30. The van der Waals surface area contributed by atoms with Crippen LogP contribution in [0.25, 0.3) is 0 Å². The molecule has 3 nitrogen and oxygen atoms in total. The van der Waals surface area contributed by atoms with Crippen molar-refractivity contribution in [2.45, 2.75) is 32.2 Å². The number of hydrogen-bond donors (Lipinski definition) is 2. The molecule has 1 aromatic rings. The maximum absolute atomic E-state index is 11.7. The van der Waals surface area contributed by atoms with Gasteiger partial charge in [0.1, 0.15) is 6.04 Å². The van der Waals surface area contributed by atoms with E-state index in [1.807, 2.05) is 6.92 Å². The highest BCUT2D eigenvalue weighted by molar-refractivity contribution is 5.84. The van der Waals surface area contributed by atoms with Crippen LogP contribution in [0.5, 0.6) is 0 Å². The summed E-state index contributed by atoms with van der Waals surface area (Å²) in [5.74, 6) is -0.00426. The first-order valence-electron chi connectivity index (χ1n) is 6.47. The van der Waals surface area contributed by atoms with Gasteiger partial charge in [-0.05, 0) is 49.4 Å². The molecule has 0 heterocycles. The first-order chi connectivity index (χ1) is 8.70. The van der Waals surface area contributed by atoms with Crippen LogP contribution in [-0.2, 0) is 17.6 Å². The summed E-state index contributed by atoms with van der Waals surface area (Å²) in [5, 5.41) is 6.02. The molecule has 3 heteroatoms. The maximum atomic E-state index is 11.7. The summed E-state index contributed by atoms with van der Waals surface area (Å²) in [6.07, 6.45) is 5.26. The van der Waals surface area contributed by atoms with Crippen molar-refractivity contribution in [3.63, 3.8) is 0 Å². The number of fused-ring (bicyclic) bond motifs is 1. The highest BCUT2D eigenvalue weighted by Gasteiger charge is 2.14. The van der Waals surface area contributed by atoms with Gasteiger partial charge in [0.2, 0.25) is 5.91 Å². The fourth-order valence-corrected chi connectivity index (χ4v) is 2.30. The zero-order valence-electron chi connectivity index (χ0n) is 10.8. The number of nitrogens with one attached hydrogen (secondary N) is 2. The molecule has 0 fully saturated rings. The first kappa shape index (κ1) is 12.7. The Morgan fingerprint density at radius 3 is 3.00 bits per heavy atom. The molecule has 96 valence electrons. The average molecular weight is 244 g/mol. The van der Waals surface area contributed by atoms with Gasteiger partial charge in [0.05, 0.1) is 0 Å². The van der Waals surface area contributed by atoms with Crippen molar-refractivity contribution in [2.75, 3.05) is 11.9 Å². The largest absolute Gasteiger partial charge is 0.374 e. The fraction of sp³-hybridized carbons (Fsp3) is 0.400. The Labute approximate surface area is 108 Å². The number of anilines is 1. The number of carbonyl (C=O) groups excluding carboxylic acids is 1. The highest BCUT2D eigenvalue weighted by Crippen LogP contribution is 2.25. The molecule has 2 rings (SSSR count). The van der Waals surface area contributed by atoms with E-state index in [9.17, 15) is 4.79 Å². The smallest absolute Gasteiger partial charge is 0.242 e. The second-order valence-electron chi connectivity index (χ2n) is 4.74. The van der Waals surface area contributed by atoms with Crippen molar-refractivity contribution < 1.29 is 4.79 Å². The zero-order valence-corrected chi connectivity index (χ0v) is 10.8. The molecule has 18 heavy (non-hydrogen) atoms. The second kappa shape index (κ2) is 5.71. The minimum Gasteiger partial charge on any atom is -0.374 e. The molecule has 0 aliphatic heterocycles. The lowest BCUT2D eigenvalue weighted by Crippen LogP contribution is -2.37. The molecule has 1 atom stereocenters. The molecule has 2 N–H and O–H groups in total. The van der Waals surface area contributed by atoms with Crippen LogP contribution in [0.15, 0.2) is 30.9 Å². The molecule has 1 aliphatic rings. The summed E-state index contributed by atoms with van der Waals surface area (Å²) in [4.78, 5) is 11.7. The van der Waals surface area contributed by atoms with Crippen LogP contribution in [-0.4, -0.2) is 18.5 Å². The van der Waals surface area contributed by atoms with E-state index in [0.717, 1.165) is 12.1 Å². The van der Waals surface area contributed by atoms with E-state index in [4.69, 9.17) is 0 Å². The molecule has 0 bridgehead atoms. The summed E-state index contributed by atoms with van der Waals surface area (Å²) in [6, 6.07) is 6.16. The Balaban J connectivity index is 1.96. The van der Waals surface area contributed by atoms with Gasteiger partial charge < -0.3 is 10.6 Å². The average Bonchev–Trinajstić information content (AvgIpc) is 2.83. The molecule has 0 unspecified atom stereocenters. The molecule has 1 aliphatic carbocycles. The Morgan fingerprint density at radius 1 is 1.44 bits per heavy atom. The van der Waals surface area contributed by atoms with Crippen molar-refractivity contribution in [3.8, 4) is 0 Å². The number of amides is 1. The Bertz CT molecular complexity index is 454. The lowest BCUT2D eigenvalue weighted by atomic mass is 10.1. The summed E-state index contributed by atoms with van der Waals surface area (Å²) in [5.41, 5.74) is 3.89. The molecule has 0 aromatic heterocycles. The van der Waals surface area contributed by atoms with Crippen LogP contribution in [0.1, 0.15) is 24.5 Å². The van der Waals surface area contributed by atoms with Gasteiger partial charge in [-0.3, -0.25) is 4.79 Å². The van der Waals surface area contributed by atoms with Gasteiger partial charge in [0.15, 0.2) is 0 Å². The van der Waals surface area contributed by atoms with E-state index < -0.39 is 0 Å². The zero-order chi connectivity index (χ0) is 13.0. The van der Waals surface area contributed by atoms with Crippen LogP contribution in [0, 0.1) is 0 Å². The lowest BCUT2D eigenvalue weighted by Gasteiger charge is -2.15. The second-order valence-corrected chi connectivity index (χ2v) is 4.74. The lowest BCUT2D eigenvalue weighted by molar-refractivity contribution is -0.121. The maximum Gasteiger partial charge on any atom is 0.242 e. The van der Waals surface area contributed by atoms with Gasteiger partial charge in [-0.2, -0.15) is 0 Å². The molecule has 1 aromatic carbocycles. The van der Waals surface area contributed by atoms with Gasteiger partial charge in [-0.25, -0.2) is 0 Å². The molecule has 0 saturated carbocycles. The number of rotatable bonds is 5. The summed E-state index contributed by atoms with van der Waals surface area (Å²) >= 11 is 0. The number of carbonyl (C=O) groups is 1. The van der Waals surface area contributed by atoms with E-state index in [0.29, 0.717) is 6.54 Å². The van der Waals surface area contributed by atoms with Gasteiger partial charge in [-0.15, -0.1) is 6.58 Å². The molecular formula is C15H20N2O. The number of aryl methyl sites for hydroxylation is 2. The van der Waals surface area contributed by atoms with Crippen molar-refractivity contribution in [1.29, 1.82) is 0 Å². The van der Waals surface area contributed by atoms with Crippen LogP contribution in [0.3, 0.4) is 0 Å². The quantitative estimate of drug-likeness (QED) is 0.780. The van der Waals surface area contributed by atoms with Crippen molar-refractivity contribution >= 4 is 11.6 Å². The highest BCUT2D eigenvalue weighted by atomic mass is 16.2. The van der Waals surface area contributed by atoms with Gasteiger partial charge in [0.25, 0.3) is 0 Å². The molecule has 0 radical (unpaired) electrons. The predicted octanol–water partition coefficient (Wildman–Crippen LogP) is 2.28. The van der Waals surface area contributed by atoms with Gasteiger partial charge in [-0.1, -0.05) is 12.1 Å². The van der Waals surface area contributed by atoms with E-state index >= 15 is 0 Å². The van der Waals surface area contributed by atoms with E-state index in [1.165, 1.54) is 24.0 Å². The summed E-state index contributed by atoms with van der Waals surface area (Å²) in [6.45, 7) is 5.96. The topological polar surface area (TPSA) is 41.1 Å². The molecule has 0 saturated heterocycles. The van der Waals surface area contributed by atoms with Crippen molar-refractivity contribution in [1.82, 2.24) is 5.32 Å². The predicted molar refractivity (Wildman–Crippen MR) is 74.8 cm³/mol. The third-order valence-corrected chi connectivity index (χ3v) is 3.30. The van der Waals surface area contributed by atoms with E-state index in [-0.39, 0.29) is 11.9 Å². The van der Waals surface area contributed by atoms with Crippen LogP contribution in [0.4, 0.5) is 5.69 Å². The molecular weight excluding hydrogens is 224 g/mol. The third kappa shape index (κ3) is 2.92. The van der Waals surface area contributed by atoms with Crippen molar-refractivity contribution in [2.24, 2.45) is 0 Å². The van der Waals surface area contributed by atoms with E-state index in [1.54, 1.807) is 6.08 Å². The first-order valence-corrected chi connectivity index (χ1v) is 6.47. The SMILES string of the molecule is C=CCNC(=O)[C@@H](C)Nc1ccc2c(c1)CCC2. The Morgan fingerprint density at radius 2 is 2.22 bits per heavy atom. The Kier molecular flexibility index (Phi) is 4.03. The van der Waals surface area contributed by atoms with Gasteiger partial charge in [0, 0.05) is 12.2 Å². The van der Waals surface area contributed by atoms with Crippen LogP contribution < -0.4 is 10.6 Å². The van der Waals surface area contributed by atoms with Crippen LogP contribution in [0.2, 0.25) is 0 Å². The fourth-order valence-electron chi connectivity index (χ4n) is 2.30. The number of hydrogen-bond acceptors (Lipinski definition) is 2.